The molecule has 0 saturated carbocycles. The predicted octanol–water partition coefficient (Wildman–Crippen LogP) is 2.54. The summed E-state index contributed by atoms with van der Waals surface area (Å²) in [6.07, 6.45) is 3.32. The Morgan fingerprint density at radius 3 is 2.69 bits per heavy atom. The van der Waals surface area contributed by atoms with Gasteiger partial charge in [-0.2, -0.15) is 0 Å². The van der Waals surface area contributed by atoms with Gasteiger partial charge in [0.25, 0.3) is 0 Å². The molecule has 1 aromatic carbocycles. The number of benzene rings is 1. The van der Waals surface area contributed by atoms with Gasteiger partial charge >= 0.3 is 0 Å². The monoisotopic (exact) mass is 217 g/mol. The van der Waals surface area contributed by atoms with Gasteiger partial charge in [-0.1, -0.05) is 6.07 Å². The first-order valence-corrected chi connectivity index (χ1v) is 5.01. The van der Waals surface area contributed by atoms with Gasteiger partial charge in [-0.3, -0.25) is 0 Å². The second-order valence-corrected chi connectivity index (χ2v) is 3.50. The quantitative estimate of drug-likeness (QED) is 0.858. The first-order valence-electron chi connectivity index (χ1n) is 5.01. The summed E-state index contributed by atoms with van der Waals surface area (Å²) in [5.41, 5.74) is 1.37. The van der Waals surface area contributed by atoms with Gasteiger partial charge in [0, 0.05) is 12.4 Å². The molecule has 1 aromatic heterocycles. The van der Waals surface area contributed by atoms with Crippen LogP contribution in [0.25, 0.3) is 0 Å². The van der Waals surface area contributed by atoms with E-state index in [-0.39, 0.29) is 5.82 Å². The number of rotatable bonds is 3. The molecule has 16 heavy (non-hydrogen) atoms. The van der Waals surface area contributed by atoms with Gasteiger partial charge in [0.2, 0.25) is 0 Å². The molecule has 0 unspecified atom stereocenters. The Kier molecular flexibility index (Phi) is 3.10. The van der Waals surface area contributed by atoms with E-state index in [0.29, 0.717) is 18.1 Å². The van der Waals surface area contributed by atoms with Crippen LogP contribution in [-0.4, -0.2) is 9.97 Å². The number of halogens is 1. The van der Waals surface area contributed by atoms with Crippen molar-refractivity contribution in [3.8, 4) is 0 Å². The zero-order valence-electron chi connectivity index (χ0n) is 8.94. The van der Waals surface area contributed by atoms with Crippen molar-refractivity contribution in [2.24, 2.45) is 0 Å². The van der Waals surface area contributed by atoms with Gasteiger partial charge < -0.3 is 5.32 Å². The van der Waals surface area contributed by atoms with Crippen LogP contribution >= 0.6 is 0 Å². The minimum absolute atomic E-state index is 0.254. The molecule has 4 heteroatoms. The minimum Gasteiger partial charge on any atom is -0.375 e. The third-order valence-electron chi connectivity index (χ3n) is 2.18. The Bertz CT molecular complexity index is 471. The lowest BCUT2D eigenvalue weighted by Crippen LogP contribution is -2.04. The van der Waals surface area contributed by atoms with Crippen LogP contribution in [0.1, 0.15) is 11.4 Å². The Balaban J connectivity index is 2.05. The Labute approximate surface area is 93.4 Å². The molecule has 0 radical (unpaired) electrons. The minimum atomic E-state index is -0.254. The number of aryl methyl sites for hydroxylation is 1. The maximum atomic E-state index is 13.4. The van der Waals surface area contributed by atoms with Crippen molar-refractivity contribution in [1.82, 2.24) is 9.97 Å². The van der Waals surface area contributed by atoms with E-state index in [4.69, 9.17) is 0 Å². The highest BCUT2D eigenvalue weighted by atomic mass is 19.1. The van der Waals surface area contributed by atoms with Gasteiger partial charge in [0.1, 0.15) is 11.6 Å². The van der Waals surface area contributed by atoms with E-state index in [9.17, 15) is 4.39 Å². The molecular formula is C12H12FN3. The van der Waals surface area contributed by atoms with Crippen LogP contribution in [-0.2, 0) is 6.54 Å². The van der Waals surface area contributed by atoms with E-state index in [1.165, 1.54) is 6.07 Å². The molecule has 0 aliphatic carbocycles. The van der Waals surface area contributed by atoms with Crippen molar-refractivity contribution in [2.75, 3.05) is 5.32 Å². The molecule has 0 bridgehead atoms. The van der Waals surface area contributed by atoms with E-state index < -0.39 is 0 Å². The summed E-state index contributed by atoms with van der Waals surface area (Å²) in [5, 5.41) is 2.96. The lowest BCUT2D eigenvalue weighted by atomic mass is 10.2. The lowest BCUT2D eigenvalue weighted by molar-refractivity contribution is 0.628. The summed E-state index contributed by atoms with van der Waals surface area (Å²) < 4.78 is 13.4. The van der Waals surface area contributed by atoms with Crippen molar-refractivity contribution in [3.63, 3.8) is 0 Å². The van der Waals surface area contributed by atoms with Gasteiger partial charge in [-0.15, -0.1) is 0 Å². The highest BCUT2D eigenvalue weighted by Gasteiger charge is 2.02. The van der Waals surface area contributed by atoms with Crippen LogP contribution < -0.4 is 5.32 Å². The largest absolute Gasteiger partial charge is 0.375 e. The summed E-state index contributed by atoms with van der Waals surface area (Å²) in [5.74, 6) is 0.387. The van der Waals surface area contributed by atoms with Crippen molar-refractivity contribution < 1.29 is 4.39 Å². The SMILES string of the molecule is Cc1ccc(NCc2ncccn2)c(F)c1. The van der Waals surface area contributed by atoms with Crippen molar-refractivity contribution in [1.29, 1.82) is 0 Å². The second kappa shape index (κ2) is 4.70. The zero-order chi connectivity index (χ0) is 11.4. The molecule has 0 amide bonds. The number of anilines is 1. The molecule has 0 fully saturated rings. The fourth-order valence-electron chi connectivity index (χ4n) is 1.36. The first-order chi connectivity index (χ1) is 7.75. The molecule has 1 heterocycles. The second-order valence-electron chi connectivity index (χ2n) is 3.50. The molecule has 0 spiro atoms. The summed E-state index contributed by atoms with van der Waals surface area (Å²) in [4.78, 5) is 8.09. The Morgan fingerprint density at radius 2 is 2.00 bits per heavy atom. The van der Waals surface area contributed by atoms with E-state index in [1.807, 2.05) is 13.0 Å². The Morgan fingerprint density at radius 1 is 1.25 bits per heavy atom. The molecule has 0 aliphatic rings. The average Bonchev–Trinajstić information content (AvgIpc) is 2.29. The fourth-order valence-corrected chi connectivity index (χ4v) is 1.36. The van der Waals surface area contributed by atoms with Crippen molar-refractivity contribution in [3.05, 3.63) is 53.9 Å². The van der Waals surface area contributed by atoms with Crippen molar-refractivity contribution in [2.45, 2.75) is 13.5 Å². The first kappa shape index (κ1) is 10.5. The smallest absolute Gasteiger partial charge is 0.147 e. The van der Waals surface area contributed by atoms with E-state index in [1.54, 1.807) is 24.5 Å². The van der Waals surface area contributed by atoms with Gasteiger partial charge in [0.05, 0.1) is 12.2 Å². The van der Waals surface area contributed by atoms with Gasteiger partial charge in [-0.05, 0) is 30.7 Å². The molecule has 0 saturated heterocycles. The van der Waals surface area contributed by atoms with E-state index in [0.717, 1.165) is 5.56 Å². The third kappa shape index (κ3) is 2.53. The molecule has 2 aromatic rings. The van der Waals surface area contributed by atoms with Crippen molar-refractivity contribution >= 4 is 5.69 Å². The molecule has 2 rings (SSSR count). The standard InChI is InChI=1S/C12H12FN3/c1-9-3-4-11(10(13)7-9)16-8-12-14-5-2-6-15-12/h2-7,16H,8H2,1H3. The van der Waals surface area contributed by atoms with Crippen LogP contribution in [0.15, 0.2) is 36.7 Å². The average molecular weight is 217 g/mol. The highest BCUT2D eigenvalue weighted by molar-refractivity contribution is 5.46. The van der Waals surface area contributed by atoms with E-state index >= 15 is 0 Å². The summed E-state index contributed by atoms with van der Waals surface area (Å²) >= 11 is 0. The molecule has 0 aliphatic heterocycles. The highest BCUT2D eigenvalue weighted by Crippen LogP contribution is 2.15. The van der Waals surface area contributed by atoms with Crippen LogP contribution in [0, 0.1) is 12.7 Å². The summed E-state index contributed by atoms with van der Waals surface area (Å²) in [6, 6.07) is 6.81. The third-order valence-corrected chi connectivity index (χ3v) is 2.18. The van der Waals surface area contributed by atoms with E-state index in [2.05, 4.69) is 15.3 Å². The maximum Gasteiger partial charge on any atom is 0.147 e. The Hall–Kier alpha value is -1.97. The van der Waals surface area contributed by atoms with Crippen LogP contribution in [0.4, 0.5) is 10.1 Å². The fraction of sp³-hybridized carbons (Fsp3) is 0.167. The van der Waals surface area contributed by atoms with Crippen LogP contribution in [0.3, 0.4) is 0 Å². The summed E-state index contributed by atoms with van der Waals surface area (Å²) in [7, 11) is 0. The number of nitrogens with one attached hydrogen (secondary N) is 1. The van der Waals surface area contributed by atoms with Gasteiger partial charge in [-0.25, -0.2) is 14.4 Å². The van der Waals surface area contributed by atoms with Crippen LogP contribution in [0.2, 0.25) is 0 Å². The van der Waals surface area contributed by atoms with Gasteiger partial charge in [0.15, 0.2) is 0 Å². The molecular weight excluding hydrogens is 205 g/mol. The lowest BCUT2D eigenvalue weighted by Gasteiger charge is -2.06. The van der Waals surface area contributed by atoms with Crippen LogP contribution in [0.5, 0.6) is 0 Å². The number of hydrogen-bond acceptors (Lipinski definition) is 3. The number of aromatic nitrogens is 2. The molecule has 82 valence electrons. The normalized spacial score (nSPS) is 10.1. The maximum absolute atomic E-state index is 13.4. The molecule has 1 N–H and O–H groups in total. The zero-order valence-corrected chi connectivity index (χ0v) is 8.94. The summed E-state index contributed by atoms with van der Waals surface area (Å²) in [6.45, 7) is 2.27. The number of hydrogen-bond donors (Lipinski definition) is 1. The molecule has 3 nitrogen and oxygen atoms in total. The molecule has 0 atom stereocenters. The predicted molar refractivity (Wildman–Crippen MR) is 60.5 cm³/mol. The number of nitrogens with zero attached hydrogens (tertiary/aromatic N) is 2. The topological polar surface area (TPSA) is 37.8 Å².